The SMILES string of the molecule is C=C[C]([Si](C(C)C)(C(C)C)C(C)C)S(=O)(=O)O. The van der Waals surface area contributed by atoms with Crippen molar-refractivity contribution in [3.05, 3.63) is 17.5 Å². The Balaban J connectivity index is 6.00. The molecule has 0 rings (SSSR count). The van der Waals surface area contributed by atoms with E-state index in [0.29, 0.717) is 0 Å². The second-order valence-electron chi connectivity index (χ2n) is 5.44. The Kier molecular flexibility index (Phi) is 5.63. The Labute approximate surface area is 107 Å². The fourth-order valence-corrected chi connectivity index (χ4v) is 13.5. The second kappa shape index (κ2) is 5.67. The molecule has 0 saturated carbocycles. The van der Waals surface area contributed by atoms with Gasteiger partial charge in [-0.3, -0.25) is 4.55 Å². The van der Waals surface area contributed by atoms with Crippen molar-refractivity contribution in [1.82, 2.24) is 0 Å². The lowest BCUT2D eigenvalue weighted by Gasteiger charge is -2.45. The molecule has 1 N–H and O–H groups in total. The average molecular weight is 277 g/mol. The maximum absolute atomic E-state index is 11.6. The minimum absolute atomic E-state index is 0.185. The highest BCUT2D eigenvalue weighted by molar-refractivity contribution is 7.91. The molecule has 0 aliphatic carbocycles. The first-order chi connectivity index (χ1) is 7.52. The van der Waals surface area contributed by atoms with Gasteiger partial charge in [-0.05, 0) is 16.6 Å². The van der Waals surface area contributed by atoms with Gasteiger partial charge in [-0.25, -0.2) is 0 Å². The molecule has 0 fully saturated rings. The molecular formula is C12H25O3SSi. The summed E-state index contributed by atoms with van der Waals surface area (Å²) in [7, 11) is -6.48. The maximum atomic E-state index is 11.6. The van der Waals surface area contributed by atoms with E-state index >= 15 is 0 Å². The van der Waals surface area contributed by atoms with E-state index < -0.39 is 18.2 Å². The molecule has 0 spiro atoms. The molecule has 0 aliphatic rings. The van der Waals surface area contributed by atoms with Gasteiger partial charge in [0.2, 0.25) is 0 Å². The van der Waals surface area contributed by atoms with Gasteiger partial charge in [-0.1, -0.05) is 47.6 Å². The molecule has 101 valence electrons. The summed E-state index contributed by atoms with van der Waals surface area (Å²) < 4.78 is 32.7. The molecular weight excluding hydrogens is 252 g/mol. The second-order valence-corrected chi connectivity index (χ2v) is 13.1. The predicted molar refractivity (Wildman–Crippen MR) is 76.0 cm³/mol. The lowest BCUT2D eigenvalue weighted by Crippen LogP contribution is -2.52. The summed E-state index contributed by atoms with van der Waals surface area (Å²) in [5.74, 6) is 0. The van der Waals surface area contributed by atoms with Crippen LogP contribution in [-0.4, -0.2) is 21.0 Å². The van der Waals surface area contributed by atoms with Crippen molar-refractivity contribution >= 4 is 18.2 Å². The van der Waals surface area contributed by atoms with Gasteiger partial charge in [0.1, 0.15) is 4.87 Å². The van der Waals surface area contributed by atoms with E-state index in [1.54, 1.807) is 0 Å². The van der Waals surface area contributed by atoms with Crippen LogP contribution in [0.3, 0.4) is 0 Å². The van der Waals surface area contributed by atoms with E-state index in [4.69, 9.17) is 0 Å². The third kappa shape index (κ3) is 3.00. The zero-order valence-corrected chi connectivity index (χ0v) is 13.5. The largest absolute Gasteiger partial charge is 0.285 e. The lowest BCUT2D eigenvalue weighted by molar-refractivity contribution is 0.488. The van der Waals surface area contributed by atoms with Gasteiger partial charge in [0.05, 0.1) is 8.07 Å². The molecule has 3 nitrogen and oxygen atoms in total. The van der Waals surface area contributed by atoms with Crippen molar-refractivity contribution < 1.29 is 13.0 Å². The van der Waals surface area contributed by atoms with Crippen LogP contribution in [0.5, 0.6) is 0 Å². The molecule has 0 aromatic heterocycles. The normalized spacial score (nSPS) is 14.1. The van der Waals surface area contributed by atoms with E-state index in [1.165, 1.54) is 6.08 Å². The minimum atomic E-state index is -4.15. The van der Waals surface area contributed by atoms with Crippen LogP contribution >= 0.6 is 0 Å². The van der Waals surface area contributed by atoms with Crippen LogP contribution in [0.15, 0.2) is 12.7 Å². The maximum Gasteiger partial charge on any atom is 0.273 e. The minimum Gasteiger partial charge on any atom is -0.285 e. The summed E-state index contributed by atoms with van der Waals surface area (Å²) in [6.07, 6.45) is 1.35. The van der Waals surface area contributed by atoms with Crippen LogP contribution < -0.4 is 0 Å². The molecule has 17 heavy (non-hydrogen) atoms. The zero-order valence-electron chi connectivity index (χ0n) is 11.7. The quantitative estimate of drug-likeness (QED) is 0.593. The van der Waals surface area contributed by atoms with Crippen LogP contribution in [0, 0.1) is 4.87 Å². The highest BCUT2D eigenvalue weighted by Gasteiger charge is 2.53. The van der Waals surface area contributed by atoms with Gasteiger partial charge < -0.3 is 0 Å². The van der Waals surface area contributed by atoms with Gasteiger partial charge in [0.15, 0.2) is 0 Å². The molecule has 0 bridgehead atoms. The third-order valence-corrected chi connectivity index (χ3v) is 13.1. The number of hydrogen-bond acceptors (Lipinski definition) is 2. The molecule has 0 saturated heterocycles. The number of rotatable bonds is 6. The van der Waals surface area contributed by atoms with Crippen LogP contribution in [0.2, 0.25) is 16.6 Å². The average Bonchev–Trinajstić information content (AvgIpc) is 2.09. The Hall–Kier alpha value is -0.133. The fourth-order valence-electron chi connectivity index (χ4n) is 3.36. The van der Waals surface area contributed by atoms with Gasteiger partial charge >= 0.3 is 0 Å². The Morgan fingerprint density at radius 1 is 1.06 bits per heavy atom. The summed E-state index contributed by atoms with van der Waals surface area (Å²) >= 11 is 0. The topological polar surface area (TPSA) is 54.4 Å². The highest BCUT2D eigenvalue weighted by atomic mass is 32.2. The molecule has 0 amide bonds. The van der Waals surface area contributed by atoms with E-state index in [0.717, 1.165) is 0 Å². The molecule has 5 heteroatoms. The van der Waals surface area contributed by atoms with E-state index in [9.17, 15) is 13.0 Å². The van der Waals surface area contributed by atoms with Crippen LogP contribution in [0.25, 0.3) is 0 Å². The summed E-state index contributed by atoms with van der Waals surface area (Å²) in [6.45, 7) is 15.9. The summed E-state index contributed by atoms with van der Waals surface area (Å²) in [5.41, 5.74) is 0.701. The summed E-state index contributed by atoms with van der Waals surface area (Å²) in [5, 5.41) is 0. The summed E-state index contributed by atoms with van der Waals surface area (Å²) in [6, 6.07) is 0. The molecule has 1 radical (unpaired) electrons. The van der Waals surface area contributed by atoms with Crippen LogP contribution in [0.4, 0.5) is 0 Å². The third-order valence-electron chi connectivity index (χ3n) is 3.76. The Morgan fingerprint density at radius 3 is 1.41 bits per heavy atom. The monoisotopic (exact) mass is 277 g/mol. The van der Waals surface area contributed by atoms with Crippen molar-refractivity contribution in [3.8, 4) is 0 Å². The van der Waals surface area contributed by atoms with Crippen molar-refractivity contribution in [1.29, 1.82) is 0 Å². The van der Waals surface area contributed by atoms with E-state index in [2.05, 4.69) is 6.58 Å². The van der Waals surface area contributed by atoms with Crippen molar-refractivity contribution in [2.24, 2.45) is 0 Å². The zero-order chi connectivity index (χ0) is 14.0. The van der Waals surface area contributed by atoms with Gasteiger partial charge in [0.25, 0.3) is 10.1 Å². The molecule has 0 aromatic rings. The summed E-state index contributed by atoms with van der Waals surface area (Å²) in [4.78, 5) is 0.185. The lowest BCUT2D eigenvalue weighted by atomic mass is 10.5. The first-order valence-corrected chi connectivity index (χ1v) is 9.67. The molecule has 0 aliphatic heterocycles. The highest BCUT2D eigenvalue weighted by Crippen LogP contribution is 2.49. The van der Waals surface area contributed by atoms with Crippen molar-refractivity contribution in [2.75, 3.05) is 0 Å². The molecule has 0 unspecified atom stereocenters. The van der Waals surface area contributed by atoms with Crippen LogP contribution in [0.1, 0.15) is 41.5 Å². The first kappa shape index (κ1) is 16.9. The van der Waals surface area contributed by atoms with Gasteiger partial charge in [-0.15, -0.1) is 6.58 Å². The fraction of sp³-hybridized carbons (Fsp3) is 0.750. The smallest absolute Gasteiger partial charge is 0.273 e. The van der Waals surface area contributed by atoms with Crippen LogP contribution in [-0.2, 0) is 10.1 Å². The predicted octanol–water partition coefficient (Wildman–Crippen LogP) is 3.81. The first-order valence-electron chi connectivity index (χ1n) is 6.00. The Morgan fingerprint density at radius 2 is 1.35 bits per heavy atom. The number of hydrogen-bond donors (Lipinski definition) is 1. The van der Waals surface area contributed by atoms with Gasteiger partial charge in [0, 0.05) is 0 Å². The van der Waals surface area contributed by atoms with Crippen molar-refractivity contribution in [2.45, 2.75) is 58.2 Å². The van der Waals surface area contributed by atoms with E-state index in [-0.39, 0.29) is 21.5 Å². The Bertz CT molecular complexity index is 336. The molecule has 0 aromatic carbocycles. The van der Waals surface area contributed by atoms with Gasteiger partial charge in [-0.2, -0.15) is 8.42 Å². The standard InChI is InChI=1S/C12H25O3SSi/c1-8-12(16(13,14)15)17(9(2)3,10(4)5)11(6)7/h8-11H,1H2,2-7H3,(H,13,14,15). The molecule has 0 atom stereocenters. The van der Waals surface area contributed by atoms with Crippen molar-refractivity contribution in [3.63, 3.8) is 0 Å². The van der Waals surface area contributed by atoms with E-state index in [1.807, 2.05) is 41.5 Å². The molecule has 0 heterocycles.